The van der Waals surface area contributed by atoms with Crippen LogP contribution < -0.4 is 4.90 Å². The van der Waals surface area contributed by atoms with Gasteiger partial charge in [0.1, 0.15) is 5.82 Å². The average molecular weight is 344 g/mol. The number of nitrogens with zero attached hydrogens (tertiary/aromatic N) is 3. The van der Waals surface area contributed by atoms with Gasteiger partial charge in [0.25, 0.3) is 0 Å². The number of rotatable bonds is 4. The summed E-state index contributed by atoms with van der Waals surface area (Å²) in [5, 5.41) is 7.24. The van der Waals surface area contributed by atoms with Crippen LogP contribution in [0.15, 0.2) is 24.3 Å². The first kappa shape index (κ1) is 17.5. The normalized spacial score (nSPS) is 15.3. The van der Waals surface area contributed by atoms with Gasteiger partial charge in [-0.15, -0.1) is 0 Å². The second kappa shape index (κ2) is 7.68. The van der Waals surface area contributed by atoms with Crippen LogP contribution in [0.4, 0.5) is 10.1 Å². The molecule has 134 valence electrons. The predicted molar refractivity (Wildman–Crippen MR) is 96.2 cm³/mol. The number of carbonyl (C=O) groups excluding carboxylic acids is 1. The smallest absolute Gasteiger partial charge is 0.223 e. The number of hydrogen-bond acceptors (Lipinski definition) is 3. The monoisotopic (exact) mass is 344 g/mol. The molecule has 0 atom stereocenters. The molecule has 0 unspecified atom stereocenters. The van der Waals surface area contributed by atoms with E-state index < -0.39 is 0 Å². The standard InChI is InChI=1S/C19H25FN4O/c1-14-15(2)21-22-18(14)8-9-19(25)24-11-3-10-23(12-13-24)17-6-4-16(20)5-7-17/h4-7H,3,8-13H2,1-2H3,(H,21,22). The minimum absolute atomic E-state index is 0.181. The number of hydrogen-bond donors (Lipinski definition) is 1. The lowest BCUT2D eigenvalue weighted by Gasteiger charge is -2.23. The van der Waals surface area contributed by atoms with E-state index >= 15 is 0 Å². The maximum Gasteiger partial charge on any atom is 0.223 e. The number of nitrogens with one attached hydrogen (secondary N) is 1. The highest BCUT2D eigenvalue weighted by atomic mass is 19.1. The van der Waals surface area contributed by atoms with Gasteiger partial charge in [0.2, 0.25) is 5.91 Å². The molecule has 0 bridgehead atoms. The number of carbonyl (C=O) groups is 1. The van der Waals surface area contributed by atoms with Gasteiger partial charge in [-0.3, -0.25) is 9.89 Å². The molecule has 3 rings (SSSR count). The number of aryl methyl sites for hydroxylation is 2. The van der Waals surface area contributed by atoms with Crippen molar-refractivity contribution >= 4 is 11.6 Å². The zero-order valence-corrected chi connectivity index (χ0v) is 14.9. The summed E-state index contributed by atoms with van der Waals surface area (Å²) in [6.07, 6.45) is 2.08. The highest BCUT2D eigenvalue weighted by Gasteiger charge is 2.20. The molecule has 1 N–H and O–H groups in total. The summed E-state index contributed by atoms with van der Waals surface area (Å²) in [5.41, 5.74) is 4.20. The number of aromatic amines is 1. The van der Waals surface area contributed by atoms with Crippen LogP contribution in [0.3, 0.4) is 0 Å². The van der Waals surface area contributed by atoms with Crippen molar-refractivity contribution in [2.24, 2.45) is 0 Å². The lowest BCUT2D eigenvalue weighted by atomic mass is 10.1. The van der Waals surface area contributed by atoms with Crippen molar-refractivity contribution in [2.75, 3.05) is 31.1 Å². The summed E-state index contributed by atoms with van der Waals surface area (Å²) in [6, 6.07) is 6.57. The molecule has 1 aromatic carbocycles. The van der Waals surface area contributed by atoms with Crippen LogP contribution in [-0.4, -0.2) is 47.2 Å². The van der Waals surface area contributed by atoms with Gasteiger partial charge >= 0.3 is 0 Å². The molecular weight excluding hydrogens is 319 g/mol. The van der Waals surface area contributed by atoms with Crippen LogP contribution in [-0.2, 0) is 11.2 Å². The van der Waals surface area contributed by atoms with E-state index in [2.05, 4.69) is 15.1 Å². The molecule has 6 heteroatoms. The molecule has 2 aromatic rings. The van der Waals surface area contributed by atoms with E-state index in [1.54, 1.807) is 12.1 Å². The predicted octanol–water partition coefficient (Wildman–Crippen LogP) is 2.84. The molecule has 0 aliphatic carbocycles. The highest BCUT2D eigenvalue weighted by Crippen LogP contribution is 2.18. The van der Waals surface area contributed by atoms with Crippen LogP contribution in [0, 0.1) is 19.7 Å². The molecule has 1 aliphatic rings. The summed E-state index contributed by atoms with van der Waals surface area (Å²) < 4.78 is 13.1. The van der Waals surface area contributed by atoms with E-state index in [1.807, 2.05) is 18.7 Å². The maximum absolute atomic E-state index is 13.1. The van der Waals surface area contributed by atoms with Gasteiger partial charge in [-0.05, 0) is 50.1 Å². The first-order valence-corrected chi connectivity index (χ1v) is 8.83. The van der Waals surface area contributed by atoms with E-state index in [9.17, 15) is 9.18 Å². The second-order valence-electron chi connectivity index (χ2n) is 6.62. The summed E-state index contributed by atoms with van der Waals surface area (Å²) in [5.74, 6) is -0.0414. The third-order valence-electron chi connectivity index (χ3n) is 4.97. The molecule has 5 nitrogen and oxygen atoms in total. The Morgan fingerprint density at radius 1 is 1.16 bits per heavy atom. The first-order chi connectivity index (χ1) is 12.0. The Balaban J connectivity index is 1.54. The topological polar surface area (TPSA) is 52.2 Å². The van der Waals surface area contributed by atoms with Crippen molar-refractivity contribution < 1.29 is 9.18 Å². The molecule has 0 radical (unpaired) electrons. The maximum atomic E-state index is 13.1. The van der Waals surface area contributed by atoms with Crippen molar-refractivity contribution in [3.8, 4) is 0 Å². The molecule has 1 amide bonds. The van der Waals surface area contributed by atoms with E-state index in [-0.39, 0.29) is 11.7 Å². The van der Waals surface area contributed by atoms with Gasteiger partial charge in [-0.1, -0.05) is 0 Å². The molecule has 1 aliphatic heterocycles. The molecule has 1 saturated heterocycles. The zero-order chi connectivity index (χ0) is 17.8. The van der Waals surface area contributed by atoms with Crippen LogP contribution in [0.2, 0.25) is 0 Å². The van der Waals surface area contributed by atoms with Gasteiger partial charge in [0.05, 0.1) is 5.69 Å². The summed E-state index contributed by atoms with van der Waals surface area (Å²) >= 11 is 0. The average Bonchev–Trinajstić information content (AvgIpc) is 2.81. The van der Waals surface area contributed by atoms with E-state index in [1.165, 1.54) is 12.1 Å². The summed E-state index contributed by atoms with van der Waals surface area (Å²) in [4.78, 5) is 16.7. The SMILES string of the molecule is Cc1[nH]nc(CCC(=O)N2CCCN(c3ccc(F)cc3)CC2)c1C. The first-order valence-electron chi connectivity index (χ1n) is 8.83. The summed E-state index contributed by atoms with van der Waals surface area (Å²) in [7, 11) is 0. The fraction of sp³-hybridized carbons (Fsp3) is 0.474. The third-order valence-corrected chi connectivity index (χ3v) is 4.97. The molecule has 1 fully saturated rings. The second-order valence-corrected chi connectivity index (χ2v) is 6.62. The molecule has 0 saturated carbocycles. The number of anilines is 1. The molecule has 25 heavy (non-hydrogen) atoms. The highest BCUT2D eigenvalue weighted by molar-refractivity contribution is 5.76. The van der Waals surface area contributed by atoms with Crippen LogP contribution in [0.25, 0.3) is 0 Å². The molecule has 2 heterocycles. The Labute approximate surface area is 147 Å². The van der Waals surface area contributed by atoms with Crippen LogP contribution >= 0.6 is 0 Å². The minimum Gasteiger partial charge on any atom is -0.370 e. The number of amides is 1. The Kier molecular flexibility index (Phi) is 5.36. The van der Waals surface area contributed by atoms with Crippen molar-refractivity contribution in [1.82, 2.24) is 15.1 Å². The van der Waals surface area contributed by atoms with E-state index in [0.717, 1.165) is 48.7 Å². The van der Waals surface area contributed by atoms with Gasteiger partial charge in [-0.25, -0.2) is 4.39 Å². The van der Waals surface area contributed by atoms with E-state index in [4.69, 9.17) is 0 Å². The lowest BCUT2D eigenvalue weighted by molar-refractivity contribution is -0.130. The quantitative estimate of drug-likeness (QED) is 0.928. The third kappa shape index (κ3) is 4.18. The van der Waals surface area contributed by atoms with Gasteiger partial charge < -0.3 is 9.80 Å². The van der Waals surface area contributed by atoms with Crippen molar-refractivity contribution in [2.45, 2.75) is 33.1 Å². The number of aromatic nitrogens is 2. The van der Waals surface area contributed by atoms with Crippen molar-refractivity contribution in [3.05, 3.63) is 47.0 Å². The van der Waals surface area contributed by atoms with Crippen LogP contribution in [0.1, 0.15) is 29.8 Å². The Bertz CT molecular complexity index is 726. The van der Waals surface area contributed by atoms with Gasteiger partial charge in [-0.2, -0.15) is 5.10 Å². The van der Waals surface area contributed by atoms with Crippen molar-refractivity contribution in [3.63, 3.8) is 0 Å². The Morgan fingerprint density at radius 2 is 1.92 bits per heavy atom. The van der Waals surface area contributed by atoms with Gasteiger partial charge in [0.15, 0.2) is 0 Å². The largest absolute Gasteiger partial charge is 0.370 e. The number of halogens is 1. The van der Waals surface area contributed by atoms with Crippen LogP contribution in [0.5, 0.6) is 0 Å². The molecule has 1 aromatic heterocycles. The van der Waals surface area contributed by atoms with Gasteiger partial charge in [0, 0.05) is 50.4 Å². The Morgan fingerprint density at radius 3 is 2.60 bits per heavy atom. The number of H-pyrrole nitrogens is 1. The molecular formula is C19H25FN4O. The Hall–Kier alpha value is -2.37. The minimum atomic E-state index is -0.223. The summed E-state index contributed by atoms with van der Waals surface area (Å²) in [6.45, 7) is 7.16. The van der Waals surface area contributed by atoms with Crippen molar-refractivity contribution in [1.29, 1.82) is 0 Å². The van der Waals surface area contributed by atoms with E-state index in [0.29, 0.717) is 19.4 Å². The number of benzene rings is 1. The molecule has 0 spiro atoms. The lowest BCUT2D eigenvalue weighted by Crippen LogP contribution is -2.35. The fourth-order valence-corrected chi connectivity index (χ4v) is 3.24. The fourth-order valence-electron chi connectivity index (χ4n) is 3.24. The zero-order valence-electron chi connectivity index (χ0n) is 14.9.